The molecule has 2 heterocycles. The molecule has 0 spiro atoms. The topological polar surface area (TPSA) is 32.8 Å². The number of hydrogen-bond donors (Lipinski definition) is 0. The van der Waals surface area contributed by atoms with Gasteiger partial charge in [-0.25, -0.2) is 9.18 Å². The van der Waals surface area contributed by atoms with Crippen LogP contribution in [0.3, 0.4) is 0 Å². The van der Waals surface area contributed by atoms with E-state index >= 15 is 0 Å². The van der Waals surface area contributed by atoms with Crippen molar-refractivity contribution < 1.29 is 13.9 Å². The van der Waals surface area contributed by atoms with Gasteiger partial charge < -0.3 is 14.5 Å². The summed E-state index contributed by atoms with van der Waals surface area (Å²) in [7, 11) is 5.79. The van der Waals surface area contributed by atoms with Crippen LogP contribution in [0.5, 0.6) is 0 Å². The van der Waals surface area contributed by atoms with Crippen molar-refractivity contribution in [1.29, 1.82) is 0 Å². The van der Waals surface area contributed by atoms with Crippen LogP contribution in [0, 0.1) is 5.82 Å². The van der Waals surface area contributed by atoms with E-state index in [1.807, 2.05) is 31.2 Å². The third-order valence-corrected chi connectivity index (χ3v) is 6.56. The molecule has 2 radical (unpaired) electrons. The molecule has 0 bridgehead atoms. The van der Waals surface area contributed by atoms with Crippen molar-refractivity contribution in [3.63, 3.8) is 0 Å². The van der Waals surface area contributed by atoms with Crippen LogP contribution in [-0.2, 0) is 10.3 Å². The van der Waals surface area contributed by atoms with Gasteiger partial charge in [0.05, 0.1) is 6.04 Å². The summed E-state index contributed by atoms with van der Waals surface area (Å²) in [5.41, 5.74) is 1.87. The summed E-state index contributed by atoms with van der Waals surface area (Å²) in [4.78, 5) is 17.3. The van der Waals surface area contributed by atoms with Crippen molar-refractivity contribution in [3.05, 3.63) is 65.5 Å². The summed E-state index contributed by atoms with van der Waals surface area (Å²) in [6.45, 7) is 5.64. The Morgan fingerprint density at radius 1 is 1.07 bits per heavy atom. The molecule has 2 aromatic rings. The lowest BCUT2D eigenvalue weighted by atomic mass is 9.85. The molecular weight excluding hydrogens is 378 g/mol. The first kappa shape index (κ1) is 20.9. The molecule has 0 saturated carbocycles. The minimum absolute atomic E-state index is 0.108. The van der Waals surface area contributed by atoms with Gasteiger partial charge in [0, 0.05) is 25.9 Å². The number of likely N-dealkylation sites (tertiary alicyclic amines) is 1. The van der Waals surface area contributed by atoms with Crippen LogP contribution in [0.2, 0.25) is 0 Å². The van der Waals surface area contributed by atoms with E-state index in [9.17, 15) is 9.18 Å². The number of carbonyl (C=O) groups excluding carboxylic acids is 1. The second kappa shape index (κ2) is 8.80. The number of hydrogen-bond acceptors (Lipinski definition) is 3. The summed E-state index contributed by atoms with van der Waals surface area (Å²) < 4.78 is 19.7. The molecule has 2 saturated heterocycles. The van der Waals surface area contributed by atoms with E-state index in [0.717, 1.165) is 30.8 Å². The number of halogens is 1. The first-order valence-corrected chi connectivity index (χ1v) is 10.8. The van der Waals surface area contributed by atoms with Gasteiger partial charge in [0.2, 0.25) is 0 Å². The van der Waals surface area contributed by atoms with Gasteiger partial charge in [-0.05, 0) is 56.1 Å². The Kier molecular flexibility index (Phi) is 6.14. The SMILES string of the molecule is [B]c1ccc([C@H](C)N2CC[C@](CCN3CCCC3)(c3ccc(F)cc3)OC2=O)cc1. The quantitative estimate of drug-likeness (QED) is 0.683. The molecule has 0 aliphatic carbocycles. The second-order valence-corrected chi connectivity index (χ2v) is 8.45. The number of benzene rings is 2. The van der Waals surface area contributed by atoms with E-state index in [2.05, 4.69) is 4.90 Å². The van der Waals surface area contributed by atoms with E-state index in [1.165, 1.54) is 25.0 Å². The number of rotatable bonds is 6. The highest BCUT2D eigenvalue weighted by molar-refractivity contribution is 6.32. The first-order chi connectivity index (χ1) is 14.5. The van der Waals surface area contributed by atoms with Crippen LogP contribution in [0.1, 0.15) is 49.8 Å². The molecule has 0 aromatic heterocycles. The monoisotopic (exact) mass is 406 g/mol. The van der Waals surface area contributed by atoms with Gasteiger partial charge >= 0.3 is 6.09 Å². The summed E-state index contributed by atoms with van der Waals surface area (Å²) in [6.07, 6.45) is 3.51. The zero-order valence-electron chi connectivity index (χ0n) is 17.5. The molecular formula is C24H28BFN2O2. The minimum Gasteiger partial charge on any atom is -0.438 e. The lowest BCUT2D eigenvalue weighted by Gasteiger charge is -2.44. The molecule has 6 heteroatoms. The Morgan fingerprint density at radius 3 is 2.37 bits per heavy atom. The third-order valence-electron chi connectivity index (χ3n) is 6.56. The molecule has 2 aliphatic rings. The molecule has 156 valence electrons. The van der Waals surface area contributed by atoms with Crippen molar-refractivity contribution >= 4 is 19.4 Å². The number of ether oxygens (including phenoxy) is 1. The standard InChI is InChI=1S/C24H28BFN2O2/c1-18(19-4-8-21(25)9-5-19)28-17-13-24(30-23(28)29,12-16-27-14-2-3-15-27)20-6-10-22(26)11-7-20/h4-11,18H,2-3,12-17H2,1H3/t18-,24+/m0/s1. The Labute approximate surface area is 179 Å². The first-order valence-electron chi connectivity index (χ1n) is 10.8. The number of cyclic esters (lactones) is 1. The lowest BCUT2D eigenvalue weighted by Crippen LogP contribution is -2.49. The molecule has 2 fully saturated rings. The molecule has 2 aromatic carbocycles. The summed E-state index contributed by atoms with van der Waals surface area (Å²) >= 11 is 0. The normalized spacial score (nSPS) is 23.4. The average Bonchev–Trinajstić information content (AvgIpc) is 3.27. The van der Waals surface area contributed by atoms with Crippen LogP contribution in [-0.4, -0.2) is 49.9 Å². The van der Waals surface area contributed by atoms with Gasteiger partial charge in [-0.3, -0.25) is 0 Å². The van der Waals surface area contributed by atoms with Crippen LogP contribution >= 0.6 is 0 Å². The molecule has 2 atom stereocenters. The Morgan fingerprint density at radius 2 is 1.73 bits per heavy atom. The zero-order valence-corrected chi connectivity index (χ0v) is 17.5. The third kappa shape index (κ3) is 4.39. The van der Waals surface area contributed by atoms with Crippen molar-refractivity contribution in [2.75, 3.05) is 26.2 Å². The fourth-order valence-electron chi connectivity index (χ4n) is 4.60. The van der Waals surface area contributed by atoms with E-state index in [1.54, 1.807) is 17.0 Å². The highest BCUT2D eigenvalue weighted by atomic mass is 19.1. The smallest absolute Gasteiger partial charge is 0.411 e. The van der Waals surface area contributed by atoms with Crippen molar-refractivity contribution in [2.45, 2.75) is 44.2 Å². The molecule has 30 heavy (non-hydrogen) atoms. The van der Waals surface area contributed by atoms with E-state index < -0.39 is 5.60 Å². The van der Waals surface area contributed by atoms with Crippen LogP contribution in [0.4, 0.5) is 9.18 Å². The average molecular weight is 406 g/mol. The molecule has 0 N–H and O–H groups in total. The zero-order chi connectivity index (χ0) is 21.1. The number of nitrogens with zero attached hydrogens (tertiary/aromatic N) is 2. The Bertz CT molecular complexity index is 868. The van der Waals surface area contributed by atoms with Crippen LogP contribution in [0.25, 0.3) is 0 Å². The summed E-state index contributed by atoms with van der Waals surface area (Å²) in [5, 5.41) is 0. The number of carbonyl (C=O) groups is 1. The fraction of sp³-hybridized carbons (Fsp3) is 0.458. The van der Waals surface area contributed by atoms with Crippen molar-refractivity contribution in [1.82, 2.24) is 9.80 Å². The van der Waals surface area contributed by atoms with Gasteiger partial charge in [0.15, 0.2) is 0 Å². The highest BCUT2D eigenvalue weighted by Crippen LogP contribution is 2.40. The predicted molar refractivity (Wildman–Crippen MR) is 116 cm³/mol. The largest absolute Gasteiger partial charge is 0.438 e. The van der Waals surface area contributed by atoms with Crippen LogP contribution < -0.4 is 5.46 Å². The minimum atomic E-state index is -0.718. The van der Waals surface area contributed by atoms with Gasteiger partial charge in [-0.1, -0.05) is 41.9 Å². The van der Waals surface area contributed by atoms with E-state index in [4.69, 9.17) is 12.6 Å². The lowest BCUT2D eigenvalue weighted by molar-refractivity contribution is -0.0686. The Hall–Kier alpha value is -2.34. The maximum Gasteiger partial charge on any atom is 0.411 e. The number of amides is 1. The maximum atomic E-state index is 13.5. The van der Waals surface area contributed by atoms with Crippen molar-refractivity contribution in [2.24, 2.45) is 0 Å². The summed E-state index contributed by atoms with van der Waals surface area (Å²) in [6, 6.07) is 13.9. The Balaban J connectivity index is 1.53. The molecule has 4 nitrogen and oxygen atoms in total. The van der Waals surface area contributed by atoms with Gasteiger partial charge in [0.1, 0.15) is 19.3 Å². The molecule has 4 rings (SSSR count). The highest BCUT2D eigenvalue weighted by Gasteiger charge is 2.43. The van der Waals surface area contributed by atoms with Crippen LogP contribution in [0.15, 0.2) is 48.5 Å². The second-order valence-electron chi connectivity index (χ2n) is 8.45. The predicted octanol–water partition coefficient (Wildman–Crippen LogP) is 3.90. The van der Waals surface area contributed by atoms with Gasteiger partial charge in [-0.2, -0.15) is 0 Å². The van der Waals surface area contributed by atoms with E-state index in [-0.39, 0.29) is 18.0 Å². The van der Waals surface area contributed by atoms with Gasteiger partial charge in [0.25, 0.3) is 0 Å². The van der Waals surface area contributed by atoms with E-state index in [0.29, 0.717) is 24.8 Å². The maximum absolute atomic E-state index is 13.5. The van der Waals surface area contributed by atoms with Gasteiger partial charge in [-0.15, -0.1) is 0 Å². The molecule has 0 unspecified atom stereocenters. The fourth-order valence-corrected chi connectivity index (χ4v) is 4.60. The molecule has 1 amide bonds. The molecule has 2 aliphatic heterocycles. The summed E-state index contributed by atoms with van der Waals surface area (Å²) in [5.74, 6) is -0.283. The van der Waals surface area contributed by atoms with Crippen molar-refractivity contribution in [3.8, 4) is 0 Å².